The van der Waals surface area contributed by atoms with E-state index >= 15 is 0 Å². The molecular formula is C20H22N2O5S. The van der Waals surface area contributed by atoms with Crippen LogP contribution < -0.4 is 13.8 Å². The summed E-state index contributed by atoms with van der Waals surface area (Å²) in [6, 6.07) is 10.7. The molecule has 0 aromatic heterocycles. The van der Waals surface area contributed by atoms with Crippen molar-refractivity contribution in [2.45, 2.75) is 25.9 Å². The van der Waals surface area contributed by atoms with E-state index in [-0.39, 0.29) is 18.7 Å². The first-order valence-electron chi connectivity index (χ1n) is 9.00. The van der Waals surface area contributed by atoms with Crippen molar-refractivity contribution in [2.75, 3.05) is 24.4 Å². The lowest BCUT2D eigenvalue weighted by atomic mass is 10.1. The van der Waals surface area contributed by atoms with Crippen molar-refractivity contribution in [1.29, 1.82) is 0 Å². The number of hydrogen-bond donors (Lipinski definition) is 0. The molecule has 0 saturated carbocycles. The number of nitrogens with zero attached hydrogens (tertiary/aromatic N) is 2. The molecule has 4 rings (SSSR count). The van der Waals surface area contributed by atoms with Gasteiger partial charge >= 0.3 is 0 Å². The van der Waals surface area contributed by atoms with Crippen molar-refractivity contribution in [3.05, 3.63) is 53.1 Å². The maximum Gasteiger partial charge on any atom is 0.253 e. The second-order valence-corrected chi connectivity index (χ2v) is 9.16. The van der Waals surface area contributed by atoms with Crippen molar-refractivity contribution in [2.24, 2.45) is 0 Å². The monoisotopic (exact) mass is 402 g/mol. The third-order valence-corrected chi connectivity index (χ3v) is 6.31. The van der Waals surface area contributed by atoms with Gasteiger partial charge in [0.2, 0.25) is 16.8 Å². The summed E-state index contributed by atoms with van der Waals surface area (Å²) < 4.78 is 36.2. The number of amides is 1. The molecule has 28 heavy (non-hydrogen) atoms. The summed E-state index contributed by atoms with van der Waals surface area (Å²) >= 11 is 0. The third kappa shape index (κ3) is 3.28. The Morgan fingerprint density at radius 1 is 1.18 bits per heavy atom. The predicted octanol–water partition coefficient (Wildman–Crippen LogP) is 2.40. The quantitative estimate of drug-likeness (QED) is 0.785. The van der Waals surface area contributed by atoms with Crippen LogP contribution in [0.4, 0.5) is 5.69 Å². The lowest BCUT2D eigenvalue weighted by Gasteiger charge is -2.22. The van der Waals surface area contributed by atoms with Crippen LogP contribution in [-0.2, 0) is 23.0 Å². The van der Waals surface area contributed by atoms with Gasteiger partial charge in [-0.2, -0.15) is 0 Å². The van der Waals surface area contributed by atoms with E-state index in [1.807, 2.05) is 25.1 Å². The van der Waals surface area contributed by atoms with Crippen LogP contribution in [0.25, 0.3) is 0 Å². The molecule has 7 nitrogen and oxygen atoms in total. The van der Waals surface area contributed by atoms with Crippen LogP contribution in [0, 0.1) is 0 Å². The molecule has 1 amide bonds. The molecule has 2 aromatic rings. The zero-order valence-electron chi connectivity index (χ0n) is 16.0. The smallest absolute Gasteiger partial charge is 0.253 e. The largest absolute Gasteiger partial charge is 0.454 e. The Kier molecular flexibility index (Phi) is 4.45. The molecule has 2 aliphatic rings. The SMILES string of the molecule is CC1Cc2cc(C(=O)N(C)Cc3ccc4c(c3)OCO4)ccc2N1S(C)(=O)=O. The summed E-state index contributed by atoms with van der Waals surface area (Å²) in [5.41, 5.74) is 3.02. The minimum absolute atomic E-state index is 0.120. The van der Waals surface area contributed by atoms with E-state index < -0.39 is 10.0 Å². The zero-order valence-corrected chi connectivity index (χ0v) is 16.8. The fraction of sp³-hybridized carbons (Fsp3) is 0.350. The van der Waals surface area contributed by atoms with Gasteiger partial charge in [-0.1, -0.05) is 6.07 Å². The number of carbonyl (C=O) groups excluding carboxylic acids is 1. The summed E-state index contributed by atoms with van der Waals surface area (Å²) in [5, 5.41) is 0. The van der Waals surface area contributed by atoms with E-state index in [2.05, 4.69) is 0 Å². The Labute approximate surface area is 164 Å². The van der Waals surface area contributed by atoms with Crippen LogP contribution in [0.15, 0.2) is 36.4 Å². The molecule has 8 heteroatoms. The van der Waals surface area contributed by atoms with Crippen LogP contribution in [0.3, 0.4) is 0 Å². The molecule has 0 fully saturated rings. The Morgan fingerprint density at radius 3 is 2.68 bits per heavy atom. The Morgan fingerprint density at radius 2 is 1.93 bits per heavy atom. The third-order valence-electron chi connectivity index (χ3n) is 5.04. The molecule has 2 heterocycles. The van der Waals surface area contributed by atoms with Gasteiger partial charge in [-0.3, -0.25) is 9.10 Å². The summed E-state index contributed by atoms with van der Waals surface area (Å²) in [7, 11) is -1.60. The van der Waals surface area contributed by atoms with Gasteiger partial charge in [0.1, 0.15) is 0 Å². The summed E-state index contributed by atoms with van der Waals surface area (Å²) in [6.07, 6.45) is 1.80. The van der Waals surface area contributed by atoms with E-state index in [9.17, 15) is 13.2 Å². The van der Waals surface area contributed by atoms with E-state index in [4.69, 9.17) is 9.47 Å². The van der Waals surface area contributed by atoms with Crippen LogP contribution in [0.1, 0.15) is 28.4 Å². The number of fused-ring (bicyclic) bond motifs is 2. The van der Waals surface area contributed by atoms with Crippen LogP contribution in [0.5, 0.6) is 11.5 Å². The molecule has 148 valence electrons. The number of ether oxygens (including phenoxy) is 2. The molecule has 0 spiro atoms. The van der Waals surface area contributed by atoms with Crippen molar-refractivity contribution in [3.63, 3.8) is 0 Å². The molecule has 0 N–H and O–H groups in total. The minimum atomic E-state index is -3.34. The molecular weight excluding hydrogens is 380 g/mol. The summed E-state index contributed by atoms with van der Waals surface area (Å²) in [5.74, 6) is 1.28. The number of hydrogen-bond acceptors (Lipinski definition) is 5. The molecule has 1 unspecified atom stereocenters. The van der Waals surface area contributed by atoms with Crippen molar-refractivity contribution >= 4 is 21.6 Å². The highest BCUT2D eigenvalue weighted by Gasteiger charge is 2.33. The van der Waals surface area contributed by atoms with Crippen LogP contribution >= 0.6 is 0 Å². The molecule has 0 saturated heterocycles. The van der Waals surface area contributed by atoms with Gasteiger partial charge in [0, 0.05) is 25.2 Å². The first kappa shape index (κ1) is 18.6. The maximum atomic E-state index is 12.9. The summed E-state index contributed by atoms with van der Waals surface area (Å²) in [6.45, 7) is 2.51. The maximum absolute atomic E-state index is 12.9. The number of anilines is 1. The van der Waals surface area contributed by atoms with Crippen LogP contribution in [0.2, 0.25) is 0 Å². The second-order valence-electron chi connectivity index (χ2n) is 7.30. The molecule has 2 aromatic carbocycles. The fourth-order valence-electron chi connectivity index (χ4n) is 3.85. The molecule has 0 radical (unpaired) electrons. The van der Waals surface area contributed by atoms with Gasteiger partial charge in [-0.05, 0) is 54.8 Å². The van der Waals surface area contributed by atoms with Gasteiger partial charge in [-0.25, -0.2) is 8.42 Å². The Balaban J connectivity index is 1.53. The first-order chi connectivity index (χ1) is 13.2. The van der Waals surface area contributed by atoms with Crippen molar-refractivity contribution in [3.8, 4) is 11.5 Å². The average Bonchev–Trinajstić information content (AvgIpc) is 3.22. The molecule has 1 atom stereocenters. The van der Waals surface area contributed by atoms with E-state index in [0.717, 1.165) is 11.1 Å². The molecule has 2 aliphatic heterocycles. The van der Waals surface area contributed by atoms with Gasteiger partial charge in [-0.15, -0.1) is 0 Å². The standard InChI is InChI=1S/C20H22N2O5S/c1-13-8-16-10-15(5-6-17(16)22(13)28(3,24)25)20(23)21(2)11-14-4-7-18-19(9-14)27-12-26-18/h4-7,9-10,13H,8,11-12H2,1-3H3. The lowest BCUT2D eigenvalue weighted by molar-refractivity contribution is 0.0785. The number of sulfonamides is 1. The number of carbonyl (C=O) groups is 1. The first-order valence-corrected chi connectivity index (χ1v) is 10.8. The predicted molar refractivity (Wildman–Crippen MR) is 105 cm³/mol. The van der Waals surface area contributed by atoms with Gasteiger partial charge in [0.05, 0.1) is 11.9 Å². The van der Waals surface area contributed by atoms with Gasteiger partial charge < -0.3 is 14.4 Å². The van der Waals surface area contributed by atoms with Crippen LogP contribution in [-0.4, -0.2) is 45.4 Å². The fourth-order valence-corrected chi connectivity index (χ4v) is 5.11. The highest BCUT2D eigenvalue weighted by molar-refractivity contribution is 7.92. The minimum Gasteiger partial charge on any atom is -0.454 e. The van der Waals surface area contributed by atoms with Crippen molar-refractivity contribution in [1.82, 2.24) is 4.90 Å². The zero-order chi connectivity index (χ0) is 20.1. The van der Waals surface area contributed by atoms with E-state index in [1.54, 1.807) is 30.1 Å². The summed E-state index contributed by atoms with van der Waals surface area (Å²) in [4.78, 5) is 14.5. The Hall–Kier alpha value is -2.74. The van der Waals surface area contributed by atoms with Gasteiger partial charge in [0.25, 0.3) is 5.91 Å². The average molecular weight is 402 g/mol. The van der Waals surface area contributed by atoms with Gasteiger partial charge in [0.15, 0.2) is 11.5 Å². The molecule has 0 aliphatic carbocycles. The molecule has 0 bridgehead atoms. The number of rotatable bonds is 4. The second kappa shape index (κ2) is 6.70. The van der Waals surface area contributed by atoms with Crippen molar-refractivity contribution < 1.29 is 22.7 Å². The van der Waals surface area contributed by atoms with E-state index in [1.165, 1.54) is 10.6 Å². The van der Waals surface area contributed by atoms with E-state index in [0.29, 0.717) is 35.7 Å². The normalized spacial score (nSPS) is 17.5. The Bertz CT molecular complexity index is 1050. The highest BCUT2D eigenvalue weighted by atomic mass is 32.2. The topological polar surface area (TPSA) is 76.2 Å². The lowest BCUT2D eigenvalue weighted by Crippen LogP contribution is -2.34. The number of benzene rings is 2. The highest BCUT2D eigenvalue weighted by Crippen LogP contribution is 2.35.